The van der Waals surface area contributed by atoms with Crippen molar-refractivity contribution in [1.29, 1.82) is 0 Å². The lowest BCUT2D eigenvalue weighted by molar-refractivity contribution is 0.339. The van der Waals surface area contributed by atoms with Crippen molar-refractivity contribution in [3.05, 3.63) is 24.0 Å². The highest BCUT2D eigenvalue weighted by Crippen LogP contribution is 2.09. The van der Waals surface area contributed by atoms with Crippen molar-refractivity contribution < 1.29 is 13.2 Å². The number of pyridine rings is 1. The van der Waals surface area contributed by atoms with E-state index in [9.17, 15) is 8.42 Å². The molecular weight excluding hydrogens is 276 g/mol. The predicted octanol–water partition coefficient (Wildman–Crippen LogP) is 1.78. The van der Waals surface area contributed by atoms with Gasteiger partial charge in [0.05, 0.1) is 23.4 Å². The van der Waals surface area contributed by atoms with Crippen LogP contribution in [0.5, 0.6) is 5.75 Å². The van der Waals surface area contributed by atoms with Gasteiger partial charge >= 0.3 is 0 Å². The molecular formula is C14H24N2O3S. The van der Waals surface area contributed by atoms with Crippen LogP contribution in [-0.2, 0) is 16.4 Å². The van der Waals surface area contributed by atoms with Gasteiger partial charge in [0.1, 0.15) is 12.4 Å². The average molecular weight is 300 g/mol. The molecule has 0 radical (unpaired) electrons. The monoisotopic (exact) mass is 300 g/mol. The smallest absolute Gasteiger partial charge is 0.153 e. The van der Waals surface area contributed by atoms with Gasteiger partial charge in [0.25, 0.3) is 0 Å². The Kier molecular flexibility index (Phi) is 6.95. The highest BCUT2D eigenvalue weighted by Gasteiger charge is 2.09. The van der Waals surface area contributed by atoms with E-state index in [-0.39, 0.29) is 18.1 Å². The summed E-state index contributed by atoms with van der Waals surface area (Å²) >= 11 is 0. The maximum atomic E-state index is 11.5. The molecule has 5 nitrogen and oxygen atoms in total. The number of sulfone groups is 1. The standard InChI is InChI=1S/C14H24N2O3S/c1-4-8-20(17,18)9-7-19-14-6-5-13(16-11-14)10-15-12(2)3/h5-6,11-12,15H,4,7-10H2,1-3H3. The number of nitrogens with zero attached hydrogens (tertiary/aromatic N) is 1. The van der Waals surface area contributed by atoms with Crippen LogP contribution in [0.15, 0.2) is 18.3 Å². The Morgan fingerprint density at radius 2 is 2.05 bits per heavy atom. The van der Waals surface area contributed by atoms with E-state index in [2.05, 4.69) is 24.1 Å². The molecule has 0 bridgehead atoms. The fourth-order valence-corrected chi connectivity index (χ4v) is 2.77. The molecule has 0 aliphatic rings. The van der Waals surface area contributed by atoms with Crippen LogP contribution in [0.25, 0.3) is 0 Å². The minimum Gasteiger partial charge on any atom is -0.491 e. The Bertz CT molecular complexity index is 484. The summed E-state index contributed by atoms with van der Waals surface area (Å²) in [6.07, 6.45) is 2.27. The third kappa shape index (κ3) is 6.86. The zero-order valence-electron chi connectivity index (χ0n) is 12.4. The third-order valence-corrected chi connectivity index (χ3v) is 4.49. The largest absolute Gasteiger partial charge is 0.491 e. The van der Waals surface area contributed by atoms with Crippen molar-refractivity contribution in [2.24, 2.45) is 0 Å². The Balaban J connectivity index is 2.38. The molecule has 1 heterocycles. The van der Waals surface area contributed by atoms with Gasteiger partial charge in [0, 0.05) is 12.6 Å². The van der Waals surface area contributed by atoms with E-state index in [4.69, 9.17) is 4.74 Å². The molecule has 0 aromatic carbocycles. The van der Waals surface area contributed by atoms with Crippen LogP contribution in [-0.4, -0.2) is 37.6 Å². The first-order valence-corrected chi connectivity index (χ1v) is 8.76. The van der Waals surface area contributed by atoms with Gasteiger partial charge in [0.2, 0.25) is 0 Å². The maximum Gasteiger partial charge on any atom is 0.153 e. The van der Waals surface area contributed by atoms with E-state index < -0.39 is 9.84 Å². The quantitative estimate of drug-likeness (QED) is 0.753. The first-order chi connectivity index (χ1) is 9.43. The second kappa shape index (κ2) is 8.21. The molecule has 0 fully saturated rings. The van der Waals surface area contributed by atoms with Crippen molar-refractivity contribution in [3.8, 4) is 5.75 Å². The molecule has 20 heavy (non-hydrogen) atoms. The van der Waals surface area contributed by atoms with Crippen LogP contribution in [0.2, 0.25) is 0 Å². The Labute approximate surface area is 121 Å². The molecule has 0 aliphatic heterocycles. The summed E-state index contributed by atoms with van der Waals surface area (Å²) in [5.41, 5.74) is 0.935. The number of hydrogen-bond acceptors (Lipinski definition) is 5. The first kappa shape index (κ1) is 16.9. The van der Waals surface area contributed by atoms with Crippen molar-refractivity contribution in [2.45, 2.75) is 39.8 Å². The lowest BCUT2D eigenvalue weighted by Crippen LogP contribution is -2.22. The molecule has 6 heteroatoms. The molecule has 0 spiro atoms. The lowest BCUT2D eigenvalue weighted by atomic mass is 10.3. The maximum absolute atomic E-state index is 11.5. The number of hydrogen-bond donors (Lipinski definition) is 1. The van der Waals surface area contributed by atoms with Crippen molar-refractivity contribution >= 4 is 9.84 Å². The summed E-state index contributed by atoms with van der Waals surface area (Å²) in [7, 11) is -2.98. The first-order valence-electron chi connectivity index (χ1n) is 6.94. The van der Waals surface area contributed by atoms with Gasteiger partial charge in [-0.15, -0.1) is 0 Å². The summed E-state index contributed by atoms with van der Waals surface area (Å²) in [5.74, 6) is 0.872. The molecule has 0 aliphatic carbocycles. The number of ether oxygens (including phenoxy) is 1. The predicted molar refractivity (Wildman–Crippen MR) is 80.7 cm³/mol. The van der Waals surface area contributed by atoms with Gasteiger partial charge in [-0.05, 0) is 18.6 Å². The van der Waals surface area contributed by atoms with Crippen molar-refractivity contribution in [2.75, 3.05) is 18.1 Å². The Hall–Kier alpha value is -1.14. The van der Waals surface area contributed by atoms with Crippen LogP contribution in [0.3, 0.4) is 0 Å². The van der Waals surface area contributed by atoms with Crippen LogP contribution in [0.4, 0.5) is 0 Å². The summed E-state index contributed by atoms with van der Waals surface area (Å²) in [6.45, 7) is 6.89. The zero-order chi connectivity index (χ0) is 15.0. The van der Waals surface area contributed by atoms with Gasteiger partial charge < -0.3 is 10.1 Å². The van der Waals surface area contributed by atoms with Gasteiger partial charge in [0.15, 0.2) is 9.84 Å². The number of rotatable bonds is 9. The van der Waals surface area contributed by atoms with E-state index in [0.717, 1.165) is 5.69 Å². The van der Waals surface area contributed by atoms with E-state index >= 15 is 0 Å². The SMILES string of the molecule is CCCS(=O)(=O)CCOc1ccc(CNC(C)C)nc1. The van der Waals surface area contributed by atoms with Crippen molar-refractivity contribution in [1.82, 2.24) is 10.3 Å². The lowest BCUT2D eigenvalue weighted by Gasteiger charge is -2.09. The summed E-state index contributed by atoms with van der Waals surface area (Å²) < 4.78 is 28.4. The summed E-state index contributed by atoms with van der Waals surface area (Å²) in [6, 6.07) is 4.11. The Morgan fingerprint density at radius 3 is 2.60 bits per heavy atom. The van der Waals surface area contributed by atoms with E-state index in [1.165, 1.54) is 0 Å². The highest BCUT2D eigenvalue weighted by atomic mass is 32.2. The van der Waals surface area contributed by atoms with Gasteiger partial charge in [-0.2, -0.15) is 0 Å². The normalized spacial score (nSPS) is 11.8. The molecule has 0 amide bonds. The third-order valence-electron chi connectivity index (χ3n) is 2.67. The highest BCUT2D eigenvalue weighted by molar-refractivity contribution is 7.91. The van der Waals surface area contributed by atoms with E-state index in [1.54, 1.807) is 6.20 Å². The second-order valence-electron chi connectivity index (χ2n) is 5.02. The van der Waals surface area contributed by atoms with Crippen molar-refractivity contribution in [3.63, 3.8) is 0 Å². The molecule has 0 unspecified atom stereocenters. The Morgan fingerprint density at radius 1 is 1.30 bits per heavy atom. The van der Waals surface area contributed by atoms with Gasteiger partial charge in [-0.3, -0.25) is 4.98 Å². The minimum atomic E-state index is -2.98. The van der Waals surface area contributed by atoms with Gasteiger partial charge in [-0.1, -0.05) is 20.8 Å². The summed E-state index contributed by atoms with van der Waals surface area (Å²) in [5, 5.41) is 3.28. The zero-order valence-corrected chi connectivity index (χ0v) is 13.2. The number of aromatic nitrogens is 1. The van der Waals surface area contributed by atoms with E-state index in [1.807, 2.05) is 19.1 Å². The van der Waals surface area contributed by atoms with Crippen LogP contribution in [0, 0.1) is 0 Å². The number of nitrogens with one attached hydrogen (secondary N) is 1. The van der Waals surface area contributed by atoms with Crippen LogP contribution < -0.4 is 10.1 Å². The topological polar surface area (TPSA) is 68.3 Å². The molecule has 0 atom stereocenters. The molecule has 1 rings (SSSR count). The fourth-order valence-electron chi connectivity index (χ4n) is 1.61. The molecule has 0 saturated heterocycles. The van der Waals surface area contributed by atoms with Crippen LogP contribution >= 0.6 is 0 Å². The van der Waals surface area contributed by atoms with Gasteiger partial charge in [-0.25, -0.2) is 8.42 Å². The van der Waals surface area contributed by atoms with E-state index in [0.29, 0.717) is 24.8 Å². The fraction of sp³-hybridized carbons (Fsp3) is 0.643. The average Bonchev–Trinajstić information content (AvgIpc) is 2.37. The molecule has 114 valence electrons. The molecule has 1 N–H and O–H groups in total. The van der Waals surface area contributed by atoms with Crippen LogP contribution in [0.1, 0.15) is 32.9 Å². The molecule has 0 saturated carbocycles. The molecule has 1 aromatic heterocycles. The summed E-state index contributed by atoms with van der Waals surface area (Å²) in [4.78, 5) is 4.27. The molecule has 1 aromatic rings. The second-order valence-corrected chi connectivity index (χ2v) is 7.32. The minimum absolute atomic E-state index is 0.0531.